The zero-order valence-electron chi connectivity index (χ0n) is 24.7. The standard InChI is InChI=1S/C31H42O10/c1-15-14-31-22(23(15)39-28(36)19-11-9-8-10-12-19)27-30(7,41-27)21(38-18(4)33)13-20(37-17(3)32)29(5,6)26(35)24(40-31)16(2)25(31)34/h8-12,15-16,20-27,34-35H,13-14H2,1-7H3/t15-,16+,20+,21+,22+,23-,24+,25-,26-,27+,30+,31+/m0/s1. The third-order valence-electron chi connectivity index (χ3n) is 10.0. The number of fused-ring (bicyclic) bond motifs is 3. The molecule has 3 heterocycles. The van der Waals surface area contributed by atoms with Gasteiger partial charge in [-0.25, -0.2) is 4.79 Å². The molecule has 1 aliphatic carbocycles. The Morgan fingerprint density at radius 1 is 0.878 bits per heavy atom. The highest BCUT2D eigenvalue weighted by atomic mass is 16.7. The number of carbonyl (C=O) groups excluding carboxylic acids is 3. The maximum absolute atomic E-state index is 13.3. The predicted octanol–water partition coefficient (Wildman–Crippen LogP) is 2.81. The van der Waals surface area contributed by atoms with Crippen molar-refractivity contribution in [3.05, 3.63) is 35.9 Å². The zero-order chi connectivity index (χ0) is 30.1. The van der Waals surface area contributed by atoms with Crippen molar-refractivity contribution >= 4 is 17.9 Å². The molecule has 3 aliphatic heterocycles. The third-order valence-corrected chi connectivity index (χ3v) is 10.0. The fraction of sp³-hybridized carbons (Fsp3) is 0.710. The average molecular weight is 575 g/mol. The van der Waals surface area contributed by atoms with Crippen molar-refractivity contribution in [2.75, 3.05) is 0 Å². The summed E-state index contributed by atoms with van der Waals surface area (Å²) in [4.78, 5) is 37.8. The van der Waals surface area contributed by atoms with Crippen LogP contribution in [-0.4, -0.2) is 82.1 Å². The van der Waals surface area contributed by atoms with Gasteiger partial charge in [-0.1, -0.05) is 45.9 Å². The van der Waals surface area contributed by atoms with Crippen molar-refractivity contribution in [2.24, 2.45) is 23.2 Å². The van der Waals surface area contributed by atoms with Gasteiger partial charge >= 0.3 is 17.9 Å². The Hall–Kier alpha value is -2.53. The summed E-state index contributed by atoms with van der Waals surface area (Å²) in [6.07, 6.45) is -5.58. The number of benzene rings is 1. The summed E-state index contributed by atoms with van der Waals surface area (Å²) in [5.41, 5.74) is -2.92. The quantitative estimate of drug-likeness (QED) is 0.313. The first-order valence-electron chi connectivity index (χ1n) is 14.5. The number of aliphatic hydroxyl groups is 2. The van der Waals surface area contributed by atoms with E-state index in [-0.39, 0.29) is 12.3 Å². The molecular weight excluding hydrogens is 532 g/mol. The molecule has 0 aromatic heterocycles. The molecule has 12 atom stereocenters. The Bertz CT molecular complexity index is 1180. The van der Waals surface area contributed by atoms with E-state index in [0.717, 1.165) is 0 Å². The number of rotatable bonds is 4. The van der Waals surface area contributed by atoms with Crippen LogP contribution in [0.25, 0.3) is 0 Å². The van der Waals surface area contributed by atoms with Crippen LogP contribution >= 0.6 is 0 Å². The molecule has 10 nitrogen and oxygen atoms in total. The largest absolute Gasteiger partial charge is 0.462 e. The molecule has 0 amide bonds. The Labute approximate surface area is 240 Å². The fourth-order valence-corrected chi connectivity index (χ4v) is 7.66. The molecule has 41 heavy (non-hydrogen) atoms. The number of carbonyl (C=O) groups is 3. The Morgan fingerprint density at radius 2 is 1.49 bits per heavy atom. The molecule has 2 N–H and O–H groups in total. The van der Waals surface area contributed by atoms with E-state index in [1.165, 1.54) is 13.8 Å². The van der Waals surface area contributed by atoms with Crippen molar-refractivity contribution in [2.45, 2.75) is 115 Å². The van der Waals surface area contributed by atoms with Crippen LogP contribution in [0, 0.1) is 23.2 Å². The van der Waals surface area contributed by atoms with Crippen LogP contribution in [0.5, 0.6) is 0 Å². The summed E-state index contributed by atoms with van der Waals surface area (Å²) in [5, 5.41) is 23.7. The molecule has 0 unspecified atom stereocenters. The average Bonchev–Trinajstić information content (AvgIpc) is 3.42. The van der Waals surface area contributed by atoms with E-state index in [1.807, 2.05) is 26.8 Å². The monoisotopic (exact) mass is 574 g/mol. The van der Waals surface area contributed by atoms with Crippen molar-refractivity contribution in [1.82, 2.24) is 0 Å². The van der Waals surface area contributed by atoms with Gasteiger partial charge in [0.2, 0.25) is 0 Å². The minimum absolute atomic E-state index is 0.0730. The van der Waals surface area contributed by atoms with Crippen LogP contribution in [0.4, 0.5) is 0 Å². The lowest BCUT2D eigenvalue weighted by Crippen LogP contribution is -2.53. The van der Waals surface area contributed by atoms with Gasteiger partial charge in [0.05, 0.1) is 29.8 Å². The van der Waals surface area contributed by atoms with Gasteiger partial charge in [-0.15, -0.1) is 0 Å². The van der Waals surface area contributed by atoms with Gasteiger partial charge in [0.15, 0.2) is 0 Å². The van der Waals surface area contributed by atoms with Gasteiger partial charge in [0.1, 0.15) is 35.6 Å². The lowest BCUT2D eigenvalue weighted by molar-refractivity contribution is -0.187. The Balaban J connectivity index is 1.61. The molecule has 5 rings (SSSR count). The normalized spacial score (nSPS) is 44.5. The predicted molar refractivity (Wildman–Crippen MR) is 144 cm³/mol. The van der Waals surface area contributed by atoms with Gasteiger partial charge < -0.3 is 33.9 Å². The molecule has 4 fully saturated rings. The van der Waals surface area contributed by atoms with Crippen molar-refractivity contribution < 1.29 is 48.3 Å². The van der Waals surface area contributed by atoms with Crippen molar-refractivity contribution in [3.8, 4) is 0 Å². The van der Waals surface area contributed by atoms with Gasteiger partial charge in [0, 0.05) is 31.6 Å². The lowest BCUT2D eigenvalue weighted by atomic mass is 9.70. The number of aliphatic hydroxyl groups excluding tert-OH is 2. The van der Waals surface area contributed by atoms with E-state index >= 15 is 0 Å². The number of ether oxygens (including phenoxy) is 5. The minimum Gasteiger partial charge on any atom is -0.462 e. The summed E-state index contributed by atoms with van der Waals surface area (Å²) < 4.78 is 30.8. The van der Waals surface area contributed by atoms with Gasteiger partial charge in [-0.2, -0.15) is 0 Å². The minimum atomic E-state index is -1.20. The zero-order valence-corrected chi connectivity index (χ0v) is 24.7. The number of esters is 3. The van der Waals surface area contributed by atoms with Crippen LogP contribution in [0.2, 0.25) is 0 Å². The summed E-state index contributed by atoms with van der Waals surface area (Å²) in [6, 6.07) is 8.68. The van der Waals surface area contributed by atoms with Crippen LogP contribution in [0.3, 0.4) is 0 Å². The second-order valence-corrected chi connectivity index (χ2v) is 13.2. The number of epoxide rings is 1. The van der Waals surface area contributed by atoms with Crippen LogP contribution in [0.1, 0.15) is 71.7 Å². The summed E-state index contributed by atoms with van der Waals surface area (Å²) >= 11 is 0. The summed E-state index contributed by atoms with van der Waals surface area (Å²) in [5.74, 6) is -2.91. The molecule has 1 aromatic carbocycles. The number of hydrogen-bond donors (Lipinski definition) is 2. The highest BCUT2D eigenvalue weighted by Crippen LogP contribution is 2.62. The SMILES string of the molecule is CC(=O)O[C@@H]1C[C@@H](OC(C)=O)[C@@]2(C)O[C@@H]2[C@H]2[C@@H](OC(=O)c3ccccc3)[C@@H](C)C[C@@]23O[C@H]([C@@H](C)[C@@H]3O)[C@H](O)C1(C)C. The van der Waals surface area contributed by atoms with Crippen LogP contribution in [-0.2, 0) is 33.3 Å². The highest BCUT2D eigenvalue weighted by molar-refractivity contribution is 5.89. The molecule has 4 aliphatic rings. The molecule has 3 saturated heterocycles. The maximum atomic E-state index is 13.3. The van der Waals surface area contributed by atoms with E-state index < -0.39 is 89.1 Å². The van der Waals surface area contributed by atoms with Gasteiger partial charge in [-0.05, 0) is 31.4 Å². The second kappa shape index (κ2) is 10.3. The molecule has 0 radical (unpaired) electrons. The second-order valence-electron chi connectivity index (χ2n) is 13.2. The van der Waals surface area contributed by atoms with Crippen LogP contribution in [0.15, 0.2) is 30.3 Å². The molecular formula is C31H42O10. The summed E-state index contributed by atoms with van der Waals surface area (Å²) in [7, 11) is 0. The van der Waals surface area contributed by atoms with E-state index in [2.05, 4.69) is 0 Å². The fourth-order valence-electron chi connectivity index (χ4n) is 7.66. The van der Waals surface area contributed by atoms with E-state index in [1.54, 1.807) is 38.1 Å². The molecule has 2 bridgehead atoms. The van der Waals surface area contributed by atoms with Gasteiger partial charge in [-0.3, -0.25) is 9.59 Å². The third kappa shape index (κ3) is 4.86. The Kier molecular flexibility index (Phi) is 7.54. The maximum Gasteiger partial charge on any atom is 0.338 e. The lowest BCUT2D eigenvalue weighted by Gasteiger charge is -2.42. The van der Waals surface area contributed by atoms with E-state index in [9.17, 15) is 24.6 Å². The molecule has 1 spiro atoms. The highest BCUT2D eigenvalue weighted by Gasteiger charge is 2.76. The van der Waals surface area contributed by atoms with Gasteiger partial charge in [0.25, 0.3) is 0 Å². The van der Waals surface area contributed by atoms with Crippen molar-refractivity contribution in [1.29, 1.82) is 0 Å². The molecule has 1 aromatic rings. The first-order chi connectivity index (χ1) is 19.1. The first-order valence-corrected chi connectivity index (χ1v) is 14.5. The first kappa shape index (κ1) is 29.9. The smallest absolute Gasteiger partial charge is 0.338 e. The summed E-state index contributed by atoms with van der Waals surface area (Å²) in [6.45, 7) is 11.7. The molecule has 1 saturated carbocycles. The van der Waals surface area contributed by atoms with E-state index in [4.69, 9.17) is 23.7 Å². The molecule has 226 valence electrons. The van der Waals surface area contributed by atoms with E-state index in [0.29, 0.717) is 12.0 Å². The van der Waals surface area contributed by atoms with Crippen LogP contribution < -0.4 is 0 Å². The topological polar surface area (TPSA) is 141 Å². The number of hydrogen-bond acceptors (Lipinski definition) is 10. The van der Waals surface area contributed by atoms with Crippen molar-refractivity contribution in [3.63, 3.8) is 0 Å². The Morgan fingerprint density at radius 3 is 2.10 bits per heavy atom. The molecule has 10 heteroatoms.